The molecule has 16 heavy (non-hydrogen) atoms. The van der Waals surface area contributed by atoms with Gasteiger partial charge >= 0.3 is 11.9 Å². The van der Waals surface area contributed by atoms with Gasteiger partial charge in [-0.3, -0.25) is 9.59 Å². The van der Waals surface area contributed by atoms with E-state index in [4.69, 9.17) is 14.2 Å². The molecule has 1 fully saturated rings. The SMILES string of the molecule is CC(=O)OC1OCC(C)C(C)C1OC(C)=O. The summed E-state index contributed by atoms with van der Waals surface area (Å²) in [5.74, 6) is -0.478. The van der Waals surface area contributed by atoms with Gasteiger partial charge in [0, 0.05) is 19.8 Å². The van der Waals surface area contributed by atoms with Crippen LogP contribution in [-0.2, 0) is 23.8 Å². The first-order valence-corrected chi connectivity index (χ1v) is 5.38. The molecule has 1 aliphatic rings. The second-order valence-corrected chi connectivity index (χ2v) is 4.22. The summed E-state index contributed by atoms with van der Waals surface area (Å²) in [5.41, 5.74) is 0. The van der Waals surface area contributed by atoms with E-state index in [0.717, 1.165) is 0 Å². The zero-order chi connectivity index (χ0) is 12.3. The zero-order valence-electron chi connectivity index (χ0n) is 10.1. The third-order valence-electron chi connectivity index (χ3n) is 2.79. The second-order valence-electron chi connectivity index (χ2n) is 4.22. The van der Waals surface area contributed by atoms with Gasteiger partial charge in [-0.25, -0.2) is 0 Å². The lowest BCUT2D eigenvalue weighted by Crippen LogP contribution is -2.48. The van der Waals surface area contributed by atoms with Crippen molar-refractivity contribution < 1.29 is 23.8 Å². The molecule has 0 saturated carbocycles. The molecule has 0 aromatic heterocycles. The van der Waals surface area contributed by atoms with E-state index in [-0.39, 0.29) is 11.8 Å². The maximum absolute atomic E-state index is 11.0. The van der Waals surface area contributed by atoms with Crippen molar-refractivity contribution in [3.63, 3.8) is 0 Å². The van der Waals surface area contributed by atoms with Crippen molar-refractivity contribution in [1.29, 1.82) is 0 Å². The molecule has 0 radical (unpaired) electrons. The fourth-order valence-electron chi connectivity index (χ4n) is 1.68. The lowest BCUT2D eigenvalue weighted by molar-refractivity contribution is -0.244. The molecule has 1 rings (SSSR count). The van der Waals surface area contributed by atoms with Crippen LogP contribution >= 0.6 is 0 Å². The Labute approximate surface area is 95.0 Å². The Morgan fingerprint density at radius 3 is 2.19 bits per heavy atom. The van der Waals surface area contributed by atoms with Crippen molar-refractivity contribution in [2.24, 2.45) is 11.8 Å². The minimum atomic E-state index is -0.785. The van der Waals surface area contributed by atoms with Crippen LogP contribution in [0.25, 0.3) is 0 Å². The number of esters is 2. The van der Waals surface area contributed by atoms with Crippen molar-refractivity contribution in [1.82, 2.24) is 0 Å². The number of hydrogen-bond acceptors (Lipinski definition) is 5. The van der Waals surface area contributed by atoms with E-state index in [1.807, 2.05) is 13.8 Å². The molecule has 0 aliphatic carbocycles. The molecule has 4 unspecified atom stereocenters. The smallest absolute Gasteiger partial charge is 0.305 e. The molecule has 1 aliphatic heterocycles. The Balaban J connectivity index is 2.72. The predicted octanol–water partition coefficient (Wildman–Crippen LogP) is 1.11. The third kappa shape index (κ3) is 3.20. The van der Waals surface area contributed by atoms with Crippen molar-refractivity contribution in [3.05, 3.63) is 0 Å². The molecular formula is C11H18O5. The van der Waals surface area contributed by atoms with Crippen molar-refractivity contribution >= 4 is 11.9 Å². The summed E-state index contributed by atoms with van der Waals surface area (Å²) >= 11 is 0. The minimum absolute atomic E-state index is 0.0991. The molecule has 5 nitrogen and oxygen atoms in total. The fraction of sp³-hybridized carbons (Fsp3) is 0.818. The van der Waals surface area contributed by atoms with E-state index in [1.54, 1.807) is 0 Å². The summed E-state index contributed by atoms with van der Waals surface area (Å²) in [6.07, 6.45) is -1.31. The molecule has 0 aromatic rings. The first-order valence-electron chi connectivity index (χ1n) is 5.38. The van der Waals surface area contributed by atoms with Gasteiger partial charge in [0.1, 0.15) is 0 Å². The van der Waals surface area contributed by atoms with Crippen LogP contribution in [0.3, 0.4) is 0 Å². The third-order valence-corrected chi connectivity index (χ3v) is 2.79. The highest BCUT2D eigenvalue weighted by Crippen LogP contribution is 2.28. The topological polar surface area (TPSA) is 61.8 Å². The first kappa shape index (κ1) is 13.0. The van der Waals surface area contributed by atoms with Gasteiger partial charge in [0.25, 0.3) is 0 Å². The van der Waals surface area contributed by atoms with E-state index >= 15 is 0 Å². The van der Waals surface area contributed by atoms with Gasteiger partial charge in [-0.15, -0.1) is 0 Å². The van der Waals surface area contributed by atoms with Crippen LogP contribution in [-0.4, -0.2) is 30.9 Å². The number of carbonyl (C=O) groups is 2. The lowest BCUT2D eigenvalue weighted by Gasteiger charge is -2.38. The second kappa shape index (κ2) is 5.30. The average molecular weight is 230 g/mol. The quantitative estimate of drug-likeness (QED) is 0.665. The predicted molar refractivity (Wildman–Crippen MR) is 55.4 cm³/mol. The molecule has 0 aromatic carbocycles. The van der Waals surface area contributed by atoms with E-state index < -0.39 is 24.3 Å². The monoisotopic (exact) mass is 230 g/mol. The highest BCUT2D eigenvalue weighted by Gasteiger charge is 2.40. The van der Waals surface area contributed by atoms with Gasteiger partial charge in [-0.05, 0) is 5.92 Å². The van der Waals surface area contributed by atoms with E-state index in [0.29, 0.717) is 6.61 Å². The van der Waals surface area contributed by atoms with E-state index in [9.17, 15) is 9.59 Å². The summed E-state index contributed by atoms with van der Waals surface area (Å²) in [5, 5.41) is 0. The Hall–Kier alpha value is -1.10. The number of carbonyl (C=O) groups excluding carboxylic acids is 2. The van der Waals surface area contributed by atoms with Gasteiger partial charge in [0.05, 0.1) is 6.61 Å². The van der Waals surface area contributed by atoms with E-state index in [1.165, 1.54) is 13.8 Å². The van der Waals surface area contributed by atoms with Crippen LogP contribution in [0, 0.1) is 11.8 Å². The van der Waals surface area contributed by atoms with Crippen LogP contribution in [0.4, 0.5) is 0 Å². The lowest BCUT2D eigenvalue weighted by atomic mass is 9.88. The van der Waals surface area contributed by atoms with Crippen molar-refractivity contribution in [2.75, 3.05) is 6.61 Å². The number of rotatable bonds is 2. The molecule has 0 bridgehead atoms. The van der Waals surface area contributed by atoms with Gasteiger partial charge in [-0.1, -0.05) is 13.8 Å². The number of hydrogen-bond donors (Lipinski definition) is 0. The zero-order valence-corrected chi connectivity index (χ0v) is 10.1. The maximum atomic E-state index is 11.0. The van der Waals surface area contributed by atoms with Gasteiger partial charge in [0.2, 0.25) is 6.29 Å². The Morgan fingerprint density at radius 1 is 1.12 bits per heavy atom. The molecule has 1 heterocycles. The van der Waals surface area contributed by atoms with E-state index in [2.05, 4.69) is 0 Å². The molecule has 1 saturated heterocycles. The summed E-state index contributed by atoms with van der Waals surface area (Å²) in [4.78, 5) is 21.9. The van der Waals surface area contributed by atoms with Crippen LogP contribution in [0.5, 0.6) is 0 Å². The molecule has 4 atom stereocenters. The summed E-state index contributed by atoms with van der Waals surface area (Å²) in [6, 6.07) is 0. The molecule has 0 spiro atoms. The minimum Gasteiger partial charge on any atom is -0.456 e. The van der Waals surface area contributed by atoms with Crippen LogP contribution in [0.2, 0.25) is 0 Å². The summed E-state index contributed by atoms with van der Waals surface area (Å²) in [6.45, 7) is 7.09. The normalized spacial score (nSPS) is 34.2. The molecule has 5 heteroatoms. The Kier molecular flexibility index (Phi) is 4.29. The average Bonchev–Trinajstić information content (AvgIpc) is 2.16. The van der Waals surface area contributed by atoms with Crippen LogP contribution in [0.15, 0.2) is 0 Å². The van der Waals surface area contributed by atoms with Crippen LogP contribution < -0.4 is 0 Å². The highest BCUT2D eigenvalue weighted by molar-refractivity contribution is 5.67. The molecule has 0 amide bonds. The molecule has 92 valence electrons. The number of ether oxygens (including phenoxy) is 3. The van der Waals surface area contributed by atoms with Crippen LogP contribution in [0.1, 0.15) is 27.7 Å². The van der Waals surface area contributed by atoms with Gasteiger partial charge in [-0.2, -0.15) is 0 Å². The largest absolute Gasteiger partial charge is 0.456 e. The Morgan fingerprint density at radius 2 is 1.69 bits per heavy atom. The van der Waals surface area contributed by atoms with Gasteiger partial charge < -0.3 is 14.2 Å². The summed E-state index contributed by atoms with van der Waals surface area (Å²) in [7, 11) is 0. The standard InChI is InChI=1S/C11H18O5/c1-6-5-14-11(16-9(4)13)10(7(6)2)15-8(3)12/h6-7,10-11H,5H2,1-4H3. The van der Waals surface area contributed by atoms with Crippen molar-refractivity contribution in [2.45, 2.75) is 40.1 Å². The highest BCUT2D eigenvalue weighted by atomic mass is 16.7. The fourth-order valence-corrected chi connectivity index (χ4v) is 1.68. The Bertz CT molecular complexity index is 276. The first-order chi connectivity index (χ1) is 7.41. The van der Waals surface area contributed by atoms with Gasteiger partial charge in [0.15, 0.2) is 6.10 Å². The van der Waals surface area contributed by atoms with Crippen molar-refractivity contribution in [3.8, 4) is 0 Å². The molecular weight excluding hydrogens is 212 g/mol. The maximum Gasteiger partial charge on any atom is 0.305 e. The molecule has 0 N–H and O–H groups in total. The summed E-state index contributed by atoms with van der Waals surface area (Å²) < 4.78 is 15.5.